The number of hydrogen-bond donors (Lipinski definition) is 2. The van der Waals surface area contributed by atoms with Crippen LogP contribution in [0.25, 0.3) is 0 Å². The molecule has 0 aliphatic heterocycles. The minimum absolute atomic E-state index is 0.0558. The molecule has 0 bridgehead atoms. The Morgan fingerprint density at radius 2 is 2.16 bits per heavy atom. The van der Waals surface area contributed by atoms with Crippen LogP contribution in [0.15, 0.2) is 0 Å². The SMILES string of the molecule is COCCCNC(=O)CN(C)C(=O)CC(N)C1CC1. The van der Waals surface area contributed by atoms with E-state index < -0.39 is 0 Å². The molecule has 0 spiro atoms. The number of methoxy groups -OCH3 is 1. The van der Waals surface area contributed by atoms with E-state index in [0.717, 1.165) is 19.3 Å². The molecule has 6 heteroatoms. The van der Waals surface area contributed by atoms with E-state index in [1.54, 1.807) is 14.2 Å². The first-order valence-corrected chi connectivity index (χ1v) is 6.79. The fourth-order valence-electron chi connectivity index (χ4n) is 1.85. The maximum absolute atomic E-state index is 11.8. The summed E-state index contributed by atoms with van der Waals surface area (Å²) >= 11 is 0. The van der Waals surface area contributed by atoms with Gasteiger partial charge in [0.05, 0.1) is 6.54 Å². The van der Waals surface area contributed by atoms with Crippen LogP contribution in [-0.4, -0.2) is 56.6 Å². The van der Waals surface area contributed by atoms with Gasteiger partial charge in [0.2, 0.25) is 11.8 Å². The molecule has 1 saturated carbocycles. The largest absolute Gasteiger partial charge is 0.385 e. The Bertz CT molecular complexity index is 306. The minimum atomic E-state index is -0.146. The summed E-state index contributed by atoms with van der Waals surface area (Å²) in [5, 5.41) is 2.75. The monoisotopic (exact) mass is 271 g/mol. The van der Waals surface area contributed by atoms with Crippen molar-refractivity contribution in [3.05, 3.63) is 0 Å². The van der Waals surface area contributed by atoms with Crippen molar-refractivity contribution in [3.8, 4) is 0 Å². The standard InChI is InChI=1S/C13H25N3O3/c1-16(9-12(17)15-6-3-7-19-2)13(18)8-11(14)10-4-5-10/h10-11H,3-9,14H2,1-2H3,(H,15,17). The van der Waals surface area contributed by atoms with Gasteiger partial charge in [-0.05, 0) is 25.2 Å². The normalized spacial score (nSPS) is 15.9. The Hall–Kier alpha value is -1.14. The molecule has 0 radical (unpaired) electrons. The van der Waals surface area contributed by atoms with Crippen molar-refractivity contribution in [1.82, 2.24) is 10.2 Å². The number of amides is 2. The summed E-state index contributed by atoms with van der Waals surface area (Å²) in [4.78, 5) is 24.9. The lowest BCUT2D eigenvalue weighted by atomic mass is 10.1. The molecular formula is C13H25N3O3. The number of nitrogens with two attached hydrogens (primary N) is 1. The van der Waals surface area contributed by atoms with Crippen molar-refractivity contribution in [2.45, 2.75) is 31.7 Å². The number of nitrogens with zero attached hydrogens (tertiary/aromatic N) is 1. The number of carbonyl (C=O) groups excluding carboxylic acids is 2. The molecule has 1 fully saturated rings. The van der Waals surface area contributed by atoms with Crippen LogP contribution in [0.2, 0.25) is 0 Å². The highest BCUT2D eigenvalue weighted by molar-refractivity contribution is 5.84. The molecule has 0 heterocycles. The van der Waals surface area contributed by atoms with Crippen LogP contribution in [-0.2, 0) is 14.3 Å². The highest BCUT2D eigenvalue weighted by Crippen LogP contribution is 2.32. The third-order valence-corrected chi connectivity index (χ3v) is 3.29. The fourth-order valence-corrected chi connectivity index (χ4v) is 1.85. The summed E-state index contributed by atoms with van der Waals surface area (Å²) in [5.74, 6) is 0.290. The van der Waals surface area contributed by atoms with Crippen LogP contribution in [0.5, 0.6) is 0 Å². The van der Waals surface area contributed by atoms with Gasteiger partial charge in [0.15, 0.2) is 0 Å². The molecule has 1 unspecified atom stereocenters. The summed E-state index contributed by atoms with van der Waals surface area (Å²) in [6, 6.07) is -0.0558. The summed E-state index contributed by atoms with van der Waals surface area (Å²) in [6.07, 6.45) is 3.35. The zero-order chi connectivity index (χ0) is 14.3. The maximum atomic E-state index is 11.8. The summed E-state index contributed by atoms with van der Waals surface area (Å²) < 4.78 is 4.89. The van der Waals surface area contributed by atoms with E-state index in [2.05, 4.69) is 5.32 Å². The first kappa shape index (κ1) is 15.9. The number of rotatable bonds is 9. The van der Waals surface area contributed by atoms with E-state index >= 15 is 0 Å². The highest BCUT2D eigenvalue weighted by atomic mass is 16.5. The van der Waals surface area contributed by atoms with Gasteiger partial charge in [0.1, 0.15) is 0 Å². The van der Waals surface area contributed by atoms with Crippen LogP contribution in [0.4, 0.5) is 0 Å². The molecule has 0 aromatic carbocycles. The van der Waals surface area contributed by atoms with Gasteiger partial charge < -0.3 is 20.7 Å². The van der Waals surface area contributed by atoms with E-state index in [1.165, 1.54) is 4.90 Å². The van der Waals surface area contributed by atoms with Gasteiger partial charge in [0.25, 0.3) is 0 Å². The summed E-state index contributed by atoms with van der Waals surface area (Å²) in [7, 11) is 3.26. The van der Waals surface area contributed by atoms with Gasteiger partial charge in [-0.2, -0.15) is 0 Å². The van der Waals surface area contributed by atoms with Crippen LogP contribution in [0.1, 0.15) is 25.7 Å². The Balaban J connectivity index is 2.15. The number of hydrogen-bond acceptors (Lipinski definition) is 4. The molecule has 1 atom stereocenters. The molecular weight excluding hydrogens is 246 g/mol. The maximum Gasteiger partial charge on any atom is 0.239 e. The van der Waals surface area contributed by atoms with Gasteiger partial charge in [-0.15, -0.1) is 0 Å². The lowest BCUT2D eigenvalue weighted by Gasteiger charge is -2.19. The van der Waals surface area contributed by atoms with E-state index in [-0.39, 0.29) is 24.4 Å². The first-order chi connectivity index (χ1) is 9.04. The molecule has 0 aromatic rings. The highest BCUT2D eigenvalue weighted by Gasteiger charge is 2.30. The van der Waals surface area contributed by atoms with Crippen molar-refractivity contribution < 1.29 is 14.3 Å². The van der Waals surface area contributed by atoms with E-state index in [9.17, 15) is 9.59 Å². The van der Waals surface area contributed by atoms with Crippen molar-refractivity contribution >= 4 is 11.8 Å². The average molecular weight is 271 g/mol. The second-order valence-electron chi connectivity index (χ2n) is 5.15. The van der Waals surface area contributed by atoms with E-state index in [4.69, 9.17) is 10.5 Å². The molecule has 19 heavy (non-hydrogen) atoms. The third-order valence-electron chi connectivity index (χ3n) is 3.29. The van der Waals surface area contributed by atoms with Crippen molar-refractivity contribution in [2.24, 2.45) is 11.7 Å². The Labute approximate surface area is 114 Å². The number of nitrogens with one attached hydrogen (secondary N) is 1. The Morgan fingerprint density at radius 1 is 1.47 bits per heavy atom. The molecule has 1 aliphatic carbocycles. The summed E-state index contributed by atoms with van der Waals surface area (Å²) in [5.41, 5.74) is 5.90. The van der Waals surface area contributed by atoms with Gasteiger partial charge in [0, 0.05) is 39.8 Å². The zero-order valence-electron chi connectivity index (χ0n) is 11.9. The number of carbonyl (C=O) groups is 2. The molecule has 6 nitrogen and oxygen atoms in total. The third kappa shape index (κ3) is 6.54. The predicted octanol–water partition coefficient (Wildman–Crippen LogP) is -0.275. The Morgan fingerprint density at radius 3 is 2.74 bits per heavy atom. The molecule has 1 rings (SSSR count). The number of likely N-dealkylation sites (N-methyl/N-ethyl adjacent to an activating group) is 1. The second-order valence-corrected chi connectivity index (χ2v) is 5.15. The van der Waals surface area contributed by atoms with Crippen molar-refractivity contribution in [1.29, 1.82) is 0 Å². The van der Waals surface area contributed by atoms with Gasteiger partial charge in [-0.1, -0.05) is 0 Å². The topological polar surface area (TPSA) is 84.7 Å². The molecule has 3 N–H and O–H groups in total. The van der Waals surface area contributed by atoms with Gasteiger partial charge >= 0.3 is 0 Å². The molecule has 2 amide bonds. The molecule has 1 aliphatic rings. The first-order valence-electron chi connectivity index (χ1n) is 6.79. The van der Waals surface area contributed by atoms with E-state index in [0.29, 0.717) is 25.5 Å². The lowest BCUT2D eigenvalue weighted by molar-refractivity contribution is -0.135. The molecule has 0 aromatic heterocycles. The van der Waals surface area contributed by atoms with Crippen LogP contribution in [0, 0.1) is 5.92 Å². The predicted molar refractivity (Wildman–Crippen MR) is 72.5 cm³/mol. The van der Waals surface area contributed by atoms with Gasteiger partial charge in [-0.3, -0.25) is 9.59 Å². The fraction of sp³-hybridized carbons (Fsp3) is 0.846. The zero-order valence-corrected chi connectivity index (χ0v) is 11.9. The van der Waals surface area contributed by atoms with Crippen LogP contribution >= 0.6 is 0 Å². The van der Waals surface area contributed by atoms with Gasteiger partial charge in [-0.25, -0.2) is 0 Å². The quantitative estimate of drug-likeness (QED) is 0.565. The minimum Gasteiger partial charge on any atom is -0.385 e. The smallest absolute Gasteiger partial charge is 0.239 e. The second kappa shape index (κ2) is 8.12. The summed E-state index contributed by atoms with van der Waals surface area (Å²) in [6.45, 7) is 1.27. The van der Waals surface area contributed by atoms with E-state index in [1.807, 2.05) is 0 Å². The average Bonchev–Trinajstić information content (AvgIpc) is 3.18. The number of ether oxygens (including phenoxy) is 1. The van der Waals surface area contributed by atoms with Crippen LogP contribution < -0.4 is 11.1 Å². The lowest BCUT2D eigenvalue weighted by Crippen LogP contribution is -2.41. The Kier molecular flexibility index (Phi) is 6.80. The van der Waals surface area contributed by atoms with Crippen LogP contribution in [0.3, 0.4) is 0 Å². The molecule has 110 valence electrons. The van der Waals surface area contributed by atoms with Crippen molar-refractivity contribution in [3.63, 3.8) is 0 Å². The van der Waals surface area contributed by atoms with Crippen molar-refractivity contribution in [2.75, 3.05) is 33.9 Å². The molecule has 0 saturated heterocycles.